The van der Waals surface area contributed by atoms with Gasteiger partial charge >= 0.3 is 0 Å². The number of aromatic nitrogens is 2. The van der Waals surface area contributed by atoms with Crippen LogP contribution in [0.25, 0.3) is 0 Å². The second-order valence-electron chi connectivity index (χ2n) is 6.09. The summed E-state index contributed by atoms with van der Waals surface area (Å²) in [5, 5.41) is 2.82. The Labute approximate surface area is 147 Å². The Hall–Kier alpha value is -2.51. The van der Waals surface area contributed by atoms with Crippen LogP contribution in [0.4, 0.5) is 5.82 Å². The molecule has 1 saturated heterocycles. The fraction of sp³-hybridized carbons (Fsp3) is 0.389. The molecule has 3 rings (SSSR count). The number of morpholine rings is 1. The first kappa shape index (κ1) is 17.3. The predicted molar refractivity (Wildman–Crippen MR) is 94.4 cm³/mol. The molecule has 0 radical (unpaired) electrons. The van der Waals surface area contributed by atoms with Crippen molar-refractivity contribution in [3.8, 4) is 0 Å². The van der Waals surface area contributed by atoms with Gasteiger partial charge in [0, 0.05) is 25.8 Å². The van der Waals surface area contributed by atoms with Gasteiger partial charge in [-0.3, -0.25) is 9.69 Å². The normalized spacial score (nSPS) is 18.0. The van der Waals surface area contributed by atoms with Crippen LogP contribution in [-0.4, -0.2) is 46.6 Å². The lowest BCUT2D eigenvalue weighted by Gasteiger charge is -2.32. The zero-order valence-electron chi connectivity index (χ0n) is 14.1. The predicted octanol–water partition coefficient (Wildman–Crippen LogP) is 0.966. The second kappa shape index (κ2) is 8.55. The van der Waals surface area contributed by atoms with Crippen LogP contribution in [0.2, 0.25) is 0 Å². The summed E-state index contributed by atoms with van der Waals surface area (Å²) in [5.74, 6) is 0.826. The molecule has 0 saturated carbocycles. The summed E-state index contributed by atoms with van der Waals surface area (Å²) >= 11 is 0. The van der Waals surface area contributed by atoms with Crippen LogP contribution in [0, 0.1) is 0 Å². The number of nitrogens with two attached hydrogens (primary N) is 1. The molecule has 1 aliphatic rings. The molecule has 2 heterocycles. The van der Waals surface area contributed by atoms with E-state index in [1.165, 1.54) is 5.56 Å². The van der Waals surface area contributed by atoms with Gasteiger partial charge in [-0.2, -0.15) is 0 Å². The number of carbonyl (C=O) groups excluding carboxylic acids is 1. The highest BCUT2D eigenvalue weighted by atomic mass is 16.5. The van der Waals surface area contributed by atoms with E-state index in [1.54, 1.807) is 12.3 Å². The van der Waals surface area contributed by atoms with Gasteiger partial charge in [0.15, 0.2) is 0 Å². The van der Waals surface area contributed by atoms with Gasteiger partial charge in [-0.1, -0.05) is 30.3 Å². The first-order valence-electron chi connectivity index (χ1n) is 8.41. The number of anilines is 1. The summed E-state index contributed by atoms with van der Waals surface area (Å²) in [6.07, 6.45) is 1.81. The number of rotatable bonds is 6. The zero-order chi connectivity index (χ0) is 17.5. The van der Waals surface area contributed by atoms with Gasteiger partial charge in [-0.15, -0.1) is 0 Å². The Morgan fingerprint density at radius 1 is 1.32 bits per heavy atom. The number of carbonyl (C=O) groups is 1. The lowest BCUT2D eigenvalue weighted by molar-refractivity contribution is -0.126. The Morgan fingerprint density at radius 3 is 2.96 bits per heavy atom. The van der Waals surface area contributed by atoms with Crippen LogP contribution >= 0.6 is 0 Å². The third kappa shape index (κ3) is 5.51. The molecule has 1 amide bonds. The van der Waals surface area contributed by atoms with Gasteiger partial charge in [0.05, 0.1) is 25.7 Å². The minimum Gasteiger partial charge on any atom is -0.384 e. The van der Waals surface area contributed by atoms with Crippen LogP contribution in [0.3, 0.4) is 0 Å². The summed E-state index contributed by atoms with van der Waals surface area (Å²) in [5.41, 5.74) is 6.87. The fourth-order valence-electron chi connectivity index (χ4n) is 2.85. The molecule has 0 bridgehead atoms. The molecule has 7 heteroatoms. The largest absolute Gasteiger partial charge is 0.384 e. The van der Waals surface area contributed by atoms with Crippen molar-refractivity contribution in [3.63, 3.8) is 0 Å². The first-order valence-corrected chi connectivity index (χ1v) is 8.41. The average Bonchev–Trinajstić information content (AvgIpc) is 2.61. The quantitative estimate of drug-likeness (QED) is 0.813. The lowest BCUT2D eigenvalue weighted by Crippen LogP contribution is -2.44. The van der Waals surface area contributed by atoms with E-state index in [0.717, 1.165) is 19.6 Å². The molecule has 0 aliphatic carbocycles. The van der Waals surface area contributed by atoms with E-state index in [-0.39, 0.29) is 18.6 Å². The van der Waals surface area contributed by atoms with Gasteiger partial charge in [0.2, 0.25) is 5.91 Å². The van der Waals surface area contributed by atoms with Crippen molar-refractivity contribution in [2.45, 2.75) is 25.6 Å². The summed E-state index contributed by atoms with van der Waals surface area (Å²) in [6.45, 7) is 3.41. The number of amides is 1. The van der Waals surface area contributed by atoms with E-state index in [1.807, 2.05) is 18.2 Å². The van der Waals surface area contributed by atoms with Crippen molar-refractivity contribution in [1.29, 1.82) is 0 Å². The van der Waals surface area contributed by atoms with Gasteiger partial charge in [-0.05, 0) is 11.6 Å². The molecule has 1 aliphatic heterocycles. The molecule has 3 N–H and O–H groups in total. The number of nitrogen functional groups attached to an aromatic ring is 1. The fourth-order valence-corrected chi connectivity index (χ4v) is 2.85. The number of nitrogens with zero attached hydrogens (tertiary/aromatic N) is 3. The molecule has 1 aromatic carbocycles. The van der Waals surface area contributed by atoms with Gasteiger partial charge in [-0.25, -0.2) is 9.97 Å². The van der Waals surface area contributed by atoms with E-state index in [4.69, 9.17) is 10.5 Å². The maximum atomic E-state index is 12.1. The van der Waals surface area contributed by atoms with E-state index >= 15 is 0 Å². The molecule has 2 aromatic rings. The molecule has 0 unspecified atom stereocenters. The molecule has 1 atom stereocenters. The van der Waals surface area contributed by atoms with Crippen molar-refractivity contribution in [2.75, 3.05) is 25.4 Å². The summed E-state index contributed by atoms with van der Waals surface area (Å²) in [7, 11) is 0. The molecular formula is C18H23N5O2. The molecule has 0 spiro atoms. The summed E-state index contributed by atoms with van der Waals surface area (Å²) in [6, 6.07) is 11.9. The Morgan fingerprint density at radius 2 is 2.16 bits per heavy atom. The van der Waals surface area contributed by atoms with E-state index in [9.17, 15) is 4.79 Å². The number of benzene rings is 1. The van der Waals surface area contributed by atoms with Crippen LogP contribution in [0.1, 0.15) is 17.8 Å². The highest BCUT2D eigenvalue weighted by Crippen LogP contribution is 2.12. The number of nitrogens with one attached hydrogen (secondary N) is 1. The van der Waals surface area contributed by atoms with Crippen LogP contribution in [-0.2, 0) is 22.6 Å². The Bertz CT molecular complexity index is 695. The van der Waals surface area contributed by atoms with Gasteiger partial charge in [0.1, 0.15) is 11.6 Å². The lowest BCUT2D eigenvalue weighted by atomic mass is 10.1. The second-order valence-corrected chi connectivity index (χ2v) is 6.09. The molecule has 1 aromatic heterocycles. The number of hydrogen-bond donors (Lipinski definition) is 2. The minimum atomic E-state index is -0.0979. The van der Waals surface area contributed by atoms with Crippen molar-refractivity contribution < 1.29 is 9.53 Å². The van der Waals surface area contributed by atoms with Gasteiger partial charge < -0.3 is 15.8 Å². The number of hydrogen-bond acceptors (Lipinski definition) is 6. The van der Waals surface area contributed by atoms with Crippen molar-refractivity contribution in [3.05, 3.63) is 54.0 Å². The molecule has 132 valence electrons. The van der Waals surface area contributed by atoms with E-state index in [0.29, 0.717) is 24.7 Å². The van der Waals surface area contributed by atoms with Gasteiger partial charge in [0.25, 0.3) is 0 Å². The van der Waals surface area contributed by atoms with Crippen molar-refractivity contribution in [2.24, 2.45) is 0 Å². The number of ether oxygens (including phenoxy) is 1. The Balaban J connectivity index is 1.44. The molecule has 1 fully saturated rings. The first-order chi connectivity index (χ1) is 12.2. The van der Waals surface area contributed by atoms with E-state index < -0.39 is 0 Å². The SMILES string of the molecule is Nc1ccnc(CNC(=O)C[C@@H]2CN(Cc3ccccc3)CCO2)n1. The van der Waals surface area contributed by atoms with Crippen LogP contribution in [0.15, 0.2) is 42.6 Å². The van der Waals surface area contributed by atoms with E-state index in [2.05, 4.69) is 32.3 Å². The van der Waals surface area contributed by atoms with Crippen LogP contribution < -0.4 is 11.1 Å². The smallest absolute Gasteiger partial charge is 0.223 e. The Kier molecular flexibility index (Phi) is 5.92. The summed E-state index contributed by atoms with van der Waals surface area (Å²) < 4.78 is 5.73. The molecule has 7 nitrogen and oxygen atoms in total. The third-order valence-corrected chi connectivity index (χ3v) is 4.06. The average molecular weight is 341 g/mol. The summed E-state index contributed by atoms with van der Waals surface area (Å²) in [4.78, 5) is 22.6. The highest BCUT2D eigenvalue weighted by molar-refractivity contribution is 5.76. The third-order valence-electron chi connectivity index (χ3n) is 4.06. The maximum absolute atomic E-state index is 12.1. The maximum Gasteiger partial charge on any atom is 0.223 e. The van der Waals surface area contributed by atoms with Crippen molar-refractivity contribution >= 4 is 11.7 Å². The zero-order valence-corrected chi connectivity index (χ0v) is 14.1. The minimum absolute atomic E-state index is 0.0717. The van der Waals surface area contributed by atoms with Crippen molar-refractivity contribution in [1.82, 2.24) is 20.2 Å². The molecular weight excluding hydrogens is 318 g/mol. The topological polar surface area (TPSA) is 93.4 Å². The van der Waals surface area contributed by atoms with Crippen LogP contribution in [0.5, 0.6) is 0 Å². The molecule has 25 heavy (non-hydrogen) atoms. The standard InChI is InChI=1S/C18H23N5O2/c19-16-6-7-20-17(22-16)11-21-18(24)10-15-13-23(8-9-25-15)12-14-4-2-1-3-5-14/h1-7,15H,8-13H2,(H,21,24)(H2,19,20,22)/t15-/m1/s1. The monoisotopic (exact) mass is 341 g/mol. The highest BCUT2D eigenvalue weighted by Gasteiger charge is 2.23.